The van der Waals surface area contributed by atoms with Gasteiger partial charge < -0.3 is 38.3 Å². The van der Waals surface area contributed by atoms with E-state index in [1.54, 1.807) is 0 Å². The molecule has 2 aliphatic heterocycles. The van der Waals surface area contributed by atoms with Gasteiger partial charge >= 0.3 is 0 Å². The SMILES string of the molecule is CC(C)(C)CC(C)(C)c1ccc(OC2CCCCO2)c(-n2c3cc(C(C)(C)C)ccc3c3ccc(C(C)(C)C)cc32)c1.CC(C)(C)CC(C)(C)c1ccc(OC2CCCCO2)cc1.CC(C)(C)c1ccc2c(c1)[nH]c1cc(C(C)(C)C)ccc12.CN(C)CCN(C)C. The number of hydrogen-bond acceptors (Lipinski definition) is 6. The van der Waals surface area contributed by atoms with E-state index in [0.29, 0.717) is 5.41 Å². The molecule has 92 heavy (non-hydrogen) atoms. The number of ether oxygens (including phenoxy) is 4. The largest absolute Gasteiger partial charge is 0.465 e. The lowest BCUT2D eigenvalue weighted by Crippen LogP contribution is -2.26. The number of H-pyrrole nitrogens is 1. The molecule has 4 heterocycles. The molecule has 0 saturated carbocycles. The van der Waals surface area contributed by atoms with Crippen molar-refractivity contribution in [3.05, 3.63) is 149 Å². The Labute approximate surface area is 558 Å². The van der Waals surface area contributed by atoms with Crippen molar-refractivity contribution in [1.82, 2.24) is 19.4 Å². The van der Waals surface area contributed by atoms with Gasteiger partial charge in [0.25, 0.3) is 0 Å². The lowest BCUT2D eigenvalue weighted by Gasteiger charge is -2.34. The Hall–Kier alpha value is -5.64. The Balaban J connectivity index is 0.000000201. The van der Waals surface area contributed by atoms with Gasteiger partial charge in [-0.1, -0.05) is 219 Å². The van der Waals surface area contributed by atoms with Crippen molar-refractivity contribution in [2.24, 2.45) is 10.8 Å². The zero-order chi connectivity index (χ0) is 68.2. The Morgan fingerprint density at radius 3 is 1.13 bits per heavy atom. The first kappa shape index (κ1) is 73.8. The molecule has 1 N–H and O–H groups in total. The minimum absolute atomic E-state index is 0.00122. The molecule has 0 radical (unpaired) electrons. The van der Waals surface area contributed by atoms with Crippen LogP contribution in [0.15, 0.2) is 115 Å². The summed E-state index contributed by atoms with van der Waals surface area (Å²) in [5.74, 6) is 1.80. The molecule has 6 aromatic carbocycles. The van der Waals surface area contributed by atoms with Gasteiger partial charge in [-0.05, 0) is 192 Å². The van der Waals surface area contributed by atoms with Crippen LogP contribution in [-0.4, -0.2) is 86.4 Å². The van der Waals surface area contributed by atoms with Crippen LogP contribution in [0.3, 0.4) is 0 Å². The maximum absolute atomic E-state index is 6.73. The van der Waals surface area contributed by atoms with Crippen molar-refractivity contribution < 1.29 is 18.9 Å². The molecule has 0 aliphatic carbocycles. The average Bonchev–Trinajstić information content (AvgIpc) is 1.57. The van der Waals surface area contributed by atoms with E-state index in [-0.39, 0.29) is 50.5 Å². The number of aromatic amines is 1. The quantitative estimate of drug-likeness (QED) is 0.132. The molecule has 0 bridgehead atoms. The summed E-state index contributed by atoms with van der Waals surface area (Å²) in [6.07, 6.45) is 8.47. The summed E-state index contributed by atoms with van der Waals surface area (Å²) in [6, 6.07) is 43.1. The molecule has 0 amide bonds. The monoisotopic (exact) mass is 1250 g/mol. The van der Waals surface area contributed by atoms with Crippen molar-refractivity contribution in [3.8, 4) is 17.2 Å². The fraction of sp³-hybridized carbons (Fsp3) is 0.571. The van der Waals surface area contributed by atoms with Crippen LogP contribution in [0.5, 0.6) is 11.5 Å². The number of fused-ring (bicyclic) bond motifs is 6. The standard InChI is InChI=1S/C39H53NO2.C20H25N.C19H30O2.C6H16N2/c1-36(2,3)25-39(10,11)28-17-20-34(42-35-14-12-13-21-41-35)33(24-28)40-31-22-26(37(4,5)6)15-18-29(31)30-19-16-27(23-32(30)40)38(7,8)9;1-19(2,3)13-7-9-15-16-10-8-14(20(4,5)6)12-18(16)21-17(15)11-13;1-18(2,3)14-19(4,5)15-9-11-16(12-10-15)21-17-8-6-7-13-20-17;1-7(2)5-6-8(3)4/h15-20,22-24,35H,12-14,21,25H2,1-11H3;7-12,21H,1-6H3;9-12,17H,6-8,13-14H2,1-5H3;5-6H2,1-4H3. The van der Waals surface area contributed by atoms with Crippen LogP contribution >= 0.6 is 0 Å². The second kappa shape index (κ2) is 29.1. The fourth-order valence-electron chi connectivity index (χ4n) is 13.4. The van der Waals surface area contributed by atoms with Crippen LogP contribution in [0, 0.1) is 10.8 Å². The van der Waals surface area contributed by atoms with Crippen LogP contribution < -0.4 is 9.47 Å². The van der Waals surface area contributed by atoms with Crippen LogP contribution in [0.1, 0.15) is 237 Å². The molecule has 2 saturated heterocycles. The number of benzene rings is 6. The molecule has 0 spiro atoms. The number of likely N-dealkylation sites (N-methyl/N-ethyl adjacent to an activating group) is 2. The van der Waals surface area contributed by atoms with Crippen LogP contribution in [0.4, 0.5) is 0 Å². The molecule has 2 unspecified atom stereocenters. The van der Waals surface area contributed by atoms with E-state index < -0.39 is 0 Å². The number of hydrogen-bond donors (Lipinski definition) is 1. The molecule has 8 nitrogen and oxygen atoms in total. The zero-order valence-corrected chi connectivity index (χ0v) is 62.6. The highest BCUT2D eigenvalue weighted by Gasteiger charge is 2.32. The number of rotatable bonds is 12. The smallest absolute Gasteiger partial charge is 0.199 e. The van der Waals surface area contributed by atoms with E-state index in [0.717, 1.165) is 88.4 Å². The second-order valence-electron chi connectivity index (χ2n) is 35.3. The van der Waals surface area contributed by atoms with E-state index in [9.17, 15) is 0 Å². The summed E-state index contributed by atoms with van der Waals surface area (Å²) in [7, 11) is 8.35. The molecule has 10 rings (SSSR count). The predicted octanol–water partition coefficient (Wildman–Crippen LogP) is 22.3. The highest BCUT2D eigenvalue weighted by atomic mass is 16.7. The first-order valence-corrected chi connectivity index (χ1v) is 34.8. The van der Waals surface area contributed by atoms with Gasteiger partial charge in [-0.2, -0.15) is 0 Å². The predicted molar refractivity (Wildman–Crippen MR) is 398 cm³/mol. The fourth-order valence-corrected chi connectivity index (χ4v) is 13.4. The lowest BCUT2D eigenvalue weighted by molar-refractivity contribution is -0.106. The van der Waals surface area contributed by atoms with Gasteiger partial charge in [-0.15, -0.1) is 0 Å². The third-order valence-electron chi connectivity index (χ3n) is 18.2. The Morgan fingerprint density at radius 2 is 0.761 bits per heavy atom. The molecule has 504 valence electrons. The zero-order valence-electron chi connectivity index (χ0n) is 62.6. The second-order valence-corrected chi connectivity index (χ2v) is 35.3. The van der Waals surface area contributed by atoms with Crippen LogP contribution in [0.25, 0.3) is 49.3 Å². The Bertz CT molecular complexity index is 3520. The molecular weight excluding hydrogens is 1130 g/mol. The number of nitrogens with zero attached hydrogens (tertiary/aromatic N) is 3. The normalized spacial score (nSPS) is 16.5. The van der Waals surface area contributed by atoms with Crippen molar-refractivity contribution in [1.29, 1.82) is 0 Å². The van der Waals surface area contributed by atoms with E-state index in [1.165, 1.54) is 83.4 Å². The minimum Gasteiger partial charge on any atom is -0.465 e. The van der Waals surface area contributed by atoms with Crippen LogP contribution in [-0.2, 0) is 42.0 Å². The average molecular weight is 1250 g/mol. The molecule has 8 heteroatoms. The van der Waals surface area contributed by atoms with Crippen LogP contribution in [0.2, 0.25) is 0 Å². The van der Waals surface area contributed by atoms with Crippen molar-refractivity contribution in [2.75, 3.05) is 54.5 Å². The third kappa shape index (κ3) is 20.2. The van der Waals surface area contributed by atoms with Gasteiger partial charge in [-0.3, -0.25) is 0 Å². The number of aromatic nitrogens is 2. The van der Waals surface area contributed by atoms with E-state index in [1.807, 2.05) is 0 Å². The summed E-state index contributed by atoms with van der Waals surface area (Å²) in [4.78, 5) is 7.96. The van der Waals surface area contributed by atoms with Crippen molar-refractivity contribution in [3.63, 3.8) is 0 Å². The lowest BCUT2D eigenvalue weighted by atomic mass is 9.72. The molecular formula is C84H124N4O4. The Morgan fingerprint density at radius 1 is 0.402 bits per heavy atom. The first-order chi connectivity index (χ1) is 42.5. The summed E-state index contributed by atoms with van der Waals surface area (Å²) in [5.41, 5.74) is 15.3. The first-order valence-electron chi connectivity index (χ1n) is 34.8. The van der Waals surface area contributed by atoms with Crippen molar-refractivity contribution >= 4 is 43.6 Å². The highest BCUT2D eigenvalue weighted by molar-refractivity contribution is 6.10. The van der Waals surface area contributed by atoms with Crippen molar-refractivity contribution in [2.45, 2.75) is 249 Å². The van der Waals surface area contributed by atoms with E-state index in [4.69, 9.17) is 18.9 Å². The van der Waals surface area contributed by atoms with Gasteiger partial charge in [0.05, 0.1) is 29.9 Å². The topological polar surface area (TPSA) is 64.1 Å². The summed E-state index contributed by atoms with van der Waals surface area (Å²) in [5, 5.41) is 5.19. The molecule has 2 fully saturated rings. The molecule has 2 atom stereocenters. The minimum atomic E-state index is -0.214. The van der Waals surface area contributed by atoms with Gasteiger partial charge in [0, 0.05) is 58.5 Å². The van der Waals surface area contributed by atoms with Gasteiger partial charge in [-0.25, -0.2) is 0 Å². The molecule has 2 aromatic heterocycles. The Kier molecular flexibility index (Phi) is 23.4. The summed E-state index contributed by atoms with van der Waals surface area (Å²) in [6.45, 7) is 54.5. The molecule has 8 aromatic rings. The maximum atomic E-state index is 6.73. The maximum Gasteiger partial charge on any atom is 0.199 e. The van der Waals surface area contributed by atoms with Gasteiger partial charge in [0.1, 0.15) is 11.5 Å². The van der Waals surface area contributed by atoms with E-state index >= 15 is 0 Å². The number of nitrogens with one attached hydrogen (secondary N) is 1. The summed E-state index contributed by atoms with van der Waals surface area (Å²) >= 11 is 0. The third-order valence-corrected chi connectivity index (χ3v) is 18.2. The molecule has 2 aliphatic rings. The highest BCUT2D eigenvalue weighted by Crippen LogP contribution is 2.44. The van der Waals surface area contributed by atoms with Gasteiger partial charge in [0.2, 0.25) is 0 Å². The summed E-state index contributed by atoms with van der Waals surface area (Å²) < 4.78 is 26.8. The van der Waals surface area contributed by atoms with Gasteiger partial charge in [0.15, 0.2) is 12.6 Å². The van der Waals surface area contributed by atoms with E-state index in [2.05, 4.69) is 315 Å².